The molecule has 9 atom stereocenters. The normalized spacial score (nSPS) is 24.4. The van der Waals surface area contributed by atoms with Gasteiger partial charge in [0.1, 0.15) is 48.0 Å². The summed E-state index contributed by atoms with van der Waals surface area (Å²) in [5.74, 6) is -10.6. The van der Waals surface area contributed by atoms with E-state index >= 15 is 0 Å². The van der Waals surface area contributed by atoms with Crippen LogP contribution in [0.3, 0.4) is 0 Å². The van der Waals surface area contributed by atoms with Gasteiger partial charge in [-0.2, -0.15) is 11.8 Å². The average Bonchev–Trinajstić information content (AvgIpc) is 3.82. The van der Waals surface area contributed by atoms with Crippen molar-refractivity contribution >= 4 is 76.7 Å². The number of ether oxygens (including phenoxy) is 1. The number of thioether (sulfide) groups is 1. The van der Waals surface area contributed by atoms with Crippen LogP contribution in [-0.4, -0.2) is 144 Å². The van der Waals surface area contributed by atoms with Gasteiger partial charge in [0.15, 0.2) is 0 Å². The van der Waals surface area contributed by atoms with Crippen LogP contribution in [0, 0.1) is 11.8 Å². The van der Waals surface area contributed by atoms with Crippen molar-refractivity contribution in [2.24, 2.45) is 29.0 Å². The summed E-state index contributed by atoms with van der Waals surface area (Å²) in [6, 6.07) is -3.24. The molecular formula is C45H69N11O12S. The number of carbonyl (C=O) groups is 11. The van der Waals surface area contributed by atoms with Crippen molar-refractivity contribution in [1.82, 2.24) is 42.1 Å². The van der Waals surface area contributed by atoms with Gasteiger partial charge < -0.3 is 64.1 Å². The molecule has 1 aromatic rings. The molecule has 11 amide bonds. The summed E-state index contributed by atoms with van der Waals surface area (Å²) in [5.41, 5.74) is 16.7. The maximum atomic E-state index is 14.5. The number of rotatable bonds is 18. The third-order valence-electron chi connectivity index (χ3n) is 11.5. The summed E-state index contributed by atoms with van der Waals surface area (Å²) in [6.45, 7) is 1.64. The number of nitrogens with two attached hydrogens (primary N) is 3. The fraction of sp³-hybridized carbons (Fsp3) is 0.622. The number of hydrogen-bond donors (Lipinski definition) is 10. The highest BCUT2D eigenvalue weighted by Gasteiger charge is 2.40. The molecule has 23 nitrogen and oxygen atoms in total. The number of methoxy groups -OCH3 is 1. The van der Waals surface area contributed by atoms with Gasteiger partial charge in [-0.3, -0.25) is 52.7 Å². The smallest absolute Gasteiger partial charge is 0.246 e. The number of amides is 11. The van der Waals surface area contributed by atoms with Crippen LogP contribution in [0.1, 0.15) is 95.1 Å². The Kier molecular flexibility index (Phi) is 21.2. The van der Waals surface area contributed by atoms with E-state index in [4.69, 9.17) is 26.1 Å². The molecule has 2 aliphatic rings. The fourth-order valence-electron chi connectivity index (χ4n) is 7.57. The fourth-order valence-corrected chi connectivity index (χ4v) is 8.54. The van der Waals surface area contributed by atoms with E-state index in [2.05, 4.69) is 37.2 Å². The quantitative estimate of drug-likeness (QED) is 0.0728. The number of primary amides is 3. The predicted octanol–water partition coefficient (Wildman–Crippen LogP) is -2.50. The van der Waals surface area contributed by atoms with Crippen molar-refractivity contribution in [2.45, 2.75) is 134 Å². The van der Waals surface area contributed by atoms with Crippen molar-refractivity contribution in [1.29, 1.82) is 0 Å². The first-order valence-electron chi connectivity index (χ1n) is 24.3. The Bertz CT molecular complexity index is 2140. The number of likely N-dealkylation sites (tertiary alicyclic amines) is 1. The zero-order chi connectivity index (χ0) is 53.9. The Labute approximate surface area is 410 Å². The summed E-state index contributed by atoms with van der Waals surface area (Å²) < 4.78 is 28.6. The molecule has 2 saturated heterocycles. The largest absolute Gasteiger partial charge is 0.497 e. The van der Waals surface area contributed by atoms with Gasteiger partial charge in [-0.25, -0.2) is 0 Å². The lowest BCUT2D eigenvalue weighted by Gasteiger charge is -2.31. The minimum atomic E-state index is -2.53. The van der Waals surface area contributed by atoms with Crippen LogP contribution < -0.4 is 59.2 Å². The van der Waals surface area contributed by atoms with Crippen LogP contribution in [0.2, 0.25) is 0 Å². The second-order valence-electron chi connectivity index (χ2n) is 17.2. The summed E-state index contributed by atoms with van der Waals surface area (Å²) >= 11 is 1.13. The van der Waals surface area contributed by atoms with E-state index in [1.165, 1.54) is 14.0 Å². The molecule has 0 aliphatic carbocycles. The van der Waals surface area contributed by atoms with Gasteiger partial charge in [0, 0.05) is 35.7 Å². The highest BCUT2D eigenvalue weighted by Crippen LogP contribution is 2.22. The zero-order valence-electron chi connectivity index (χ0n) is 42.4. The van der Waals surface area contributed by atoms with E-state index < -0.39 is 152 Å². The maximum absolute atomic E-state index is 14.5. The van der Waals surface area contributed by atoms with Crippen LogP contribution in [0.5, 0.6) is 5.75 Å². The third kappa shape index (κ3) is 18.9. The Morgan fingerprint density at radius 1 is 0.855 bits per heavy atom. The first-order valence-corrected chi connectivity index (χ1v) is 23.9. The molecule has 13 N–H and O–H groups in total. The molecule has 2 aliphatic heterocycles. The summed E-state index contributed by atoms with van der Waals surface area (Å²) in [4.78, 5) is 148. The summed E-state index contributed by atoms with van der Waals surface area (Å²) in [6.07, 6.45) is -1.19. The van der Waals surface area contributed by atoms with E-state index in [-0.39, 0.29) is 56.6 Å². The summed E-state index contributed by atoms with van der Waals surface area (Å²) in [7, 11) is 1.49. The van der Waals surface area contributed by atoms with Gasteiger partial charge in [-0.15, -0.1) is 0 Å². The topological polar surface area (TPSA) is 363 Å². The molecule has 0 bridgehead atoms. The van der Waals surface area contributed by atoms with E-state index in [0.717, 1.165) is 16.7 Å². The van der Waals surface area contributed by atoms with E-state index in [0.29, 0.717) is 17.7 Å². The Balaban J connectivity index is 2.04. The molecule has 382 valence electrons. The van der Waals surface area contributed by atoms with Gasteiger partial charge in [-0.1, -0.05) is 46.2 Å². The molecule has 0 spiro atoms. The van der Waals surface area contributed by atoms with Crippen LogP contribution in [-0.2, 0) is 59.2 Å². The van der Waals surface area contributed by atoms with Crippen molar-refractivity contribution in [3.8, 4) is 5.75 Å². The number of hydrogen-bond acceptors (Lipinski definition) is 13. The minimum Gasteiger partial charge on any atom is -0.497 e. The Morgan fingerprint density at radius 2 is 1.52 bits per heavy atom. The van der Waals surface area contributed by atoms with Crippen LogP contribution in [0.15, 0.2) is 24.3 Å². The molecule has 0 aromatic heterocycles. The molecule has 0 saturated carbocycles. The van der Waals surface area contributed by atoms with Crippen molar-refractivity contribution in [3.63, 3.8) is 0 Å². The highest BCUT2D eigenvalue weighted by atomic mass is 32.2. The lowest BCUT2D eigenvalue weighted by Crippen LogP contribution is -2.61. The molecule has 69 heavy (non-hydrogen) atoms. The number of nitrogens with one attached hydrogen (secondary N) is 7. The molecule has 2 heterocycles. The second kappa shape index (κ2) is 28.1. The standard InChI is InChI=1S/C45H69N11O12S/c1-6-25(4)38-44(66)51-28(15-16-34(46)57)40(62)52-31(21-35(47)58)41(63)54-32(23-69-18-8-10-37(60)50-30(42(64)55-38)20-26-11-13-27(68-5)14-12-26)45(67)56-17-7-9-33(56)43(65)53-29(19-24(2)3)39(61)49-22-36(48)59/h11-14,24-25,28-33,38H,6-10,15-23H2,1-5H3,(H2,46,57)(H2,47,58)(H2,48,59)(H,49,61)(H,50,60)(H,51,66)(H,52,62)(H,53,65)(H,54,63)(H,55,64)/t25-,28-,29?,30-,31-,32-,33-,38-/m0/s1/i2D3/t24?,25-,28-,29?,30-,31-,32-,33-,38-. The molecule has 24 heteroatoms. The predicted molar refractivity (Wildman–Crippen MR) is 253 cm³/mol. The van der Waals surface area contributed by atoms with Crippen molar-refractivity contribution in [2.75, 3.05) is 31.7 Å². The lowest BCUT2D eigenvalue weighted by atomic mass is 9.96. The van der Waals surface area contributed by atoms with Crippen LogP contribution in [0.25, 0.3) is 0 Å². The van der Waals surface area contributed by atoms with Crippen LogP contribution in [0.4, 0.5) is 0 Å². The molecule has 2 fully saturated rings. The molecular weight excluding hydrogens is 919 g/mol. The summed E-state index contributed by atoms with van der Waals surface area (Å²) in [5, 5.41) is 17.7. The Morgan fingerprint density at radius 3 is 2.14 bits per heavy atom. The van der Waals surface area contributed by atoms with Crippen molar-refractivity contribution < 1.29 is 61.6 Å². The van der Waals surface area contributed by atoms with Gasteiger partial charge in [-0.05, 0) is 67.4 Å². The molecule has 1 aromatic carbocycles. The maximum Gasteiger partial charge on any atom is 0.246 e. The highest BCUT2D eigenvalue weighted by molar-refractivity contribution is 7.99. The first kappa shape index (κ1) is 51.9. The van der Waals surface area contributed by atoms with Gasteiger partial charge in [0.05, 0.1) is 20.1 Å². The average molecular weight is 991 g/mol. The van der Waals surface area contributed by atoms with E-state index in [1.54, 1.807) is 38.1 Å². The SMILES string of the molecule is [2H]C([2H])([2H])C(C)CC(NC(=O)[C@@H]1CCCN1C(=O)[C@@H]1CSCCCC(=O)N[C@@H](Cc2ccc(OC)cc2)C(=O)N[C@@H]([C@@H](C)CC)C(=O)N[C@@H](CCC(N)=O)C(=O)N[C@@H](CC(N)=O)C(=O)N1)C(=O)NCC(N)=O. The van der Waals surface area contributed by atoms with Crippen LogP contribution >= 0.6 is 11.8 Å². The first-order chi connectivity index (χ1) is 33.8. The molecule has 2 unspecified atom stereocenters. The van der Waals surface area contributed by atoms with Gasteiger partial charge in [0.25, 0.3) is 0 Å². The second-order valence-corrected chi connectivity index (χ2v) is 18.3. The third-order valence-corrected chi connectivity index (χ3v) is 12.6. The lowest BCUT2D eigenvalue weighted by molar-refractivity contribution is -0.142. The molecule has 3 rings (SSSR count). The Hall–Kier alpha value is -6.46. The number of nitrogens with zero attached hydrogens (tertiary/aromatic N) is 1. The van der Waals surface area contributed by atoms with Gasteiger partial charge in [0.2, 0.25) is 65.0 Å². The minimum absolute atomic E-state index is 0.000426. The van der Waals surface area contributed by atoms with Gasteiger partial charge >= 0.3 is 0 Å². The monoisotopic (exact) mass is 991 g/mol. The number of carbonyl (C=O) groups excluding carboxylic acids is 11. The van der Waals surface area contributed by atoms with E-state index in [9.17, 15) is 52.7 Å². The zero-order valence-corrected chi connectivity index (χ0v) is 40.2. The number of benzene rings is 1. The molecule has 0 radical (unpaired) electrons. The van der Waals surface area contributed by atoms with E-state index in [1.807, 2.05) is 0 Å². The van der Waals surface area contributed by atoms with Crippen molar-refractivity contribution in [3.05, 3.63) is 29.8 Å².